The lowest BCUT2D eigenvalue weighted by atomic mass is 10.1. The van der Waals surface area contributed by atoms with Crippen LogP contribution in [-0.2, 0) is 6.42 Å². The van der Waals surface area contributed by atoms with E-state index in [-0.39, 0.29) is 0 Å². The molecule has 4 nitrogen and oxygen atoms in total. The summed E-state index contributed by atoms with van der Waals surface area (Å²) in [6.45, 7) is 0. The van der Waals surface area contributed by atoms with E-state index in [1.807, 2.05) is 42.5 Å². The highest BCUT2D eigenvalue weighted by molar-refractivity contribution is 5.67. The topological polar surface area (TPSA) is 59.3 Å². The van der Waals surface area contributed by atoms with Crippen molar-refractivity contribution in [2.75, 3.05) is 0 Å². The highest BCUT2D eigenvalue weighted by Gasteiger charge is 2.06. The van der Waals surface area contributed by atoms with Crippen LogP contribution >= 0.6 is 0 Å². The predicted molar refractivity (Wildman–Crippen MR) is 77.9 cm³/mol. The van der Waals surface area contributed by atoms with Gasteiger partial charge in [-0.25, -0.2) is 9.36 Å². The van der Waals surface area contributed by atoms with Crippen LogP contribution in [0.1, 0.15) is 17.5 Å². The van der Waals surface area contributed by atoms with E-state index in [1.54, 1.807) is 12.1 Å². The molecule has 2 aromatic rings. The van der Waals surface area contributed by atoms with Crippen LogP contribution in [0.25, 0.3) is 6.08 Å². The molecular formula is C16H15NO3. The lowest BCUT2D eigenvalue weighted by molar-refractivity contribution is 0.195. The van der Waals surface area contributed by atoms with Crippen LogP contribution in [0.3, 0.4) is 0 Å². The molecule has 0 amide bonds. The van der Waals surface area contributed by atoms with Crippen LogP contribution in [0.2, 0.25) is 0 Å². The first-order valence-electron chi connectivity index (χ1n) is 6.34. The SMILES string of the molecule is O=C(O)n1cccc(CCC=Cc2ccccc2)c1=O. The molecule has 4 heteroatoms. The third-order valence-corrected chi connectivity index (χ3v) is 2.92. The Morgan fingerprint density at radius 2 is 1.90 bits per heavy atom. The van der Waals surface area contributed by atoms with Crippen LogP contribution in [0.5, 0.6) is 0 Å². The Labute approximate surface area is 116 Å². The Morgan fingerprint density at radius 3 is 2.60 bits per heavy atom. The molecule has 0 spiro atoms. The molecule has 0 bridgehead atoms. The van der Waals surface area contributed by atoms with Crippen LogP contribution in [0, 0.1) is 0 Å². The Balaban J connectivity index is 2.02. The molecule has 1 aromatic carbocycles. The number of aromatic nitrogens is 1. The van der Waals surface area contributed by atoms with Gasteiger partial charge in [0.05, 0.1) is 0 Å². The molecule has 2 rings (SSSR count). The van der Waals surface area contributed by atoms with Gasteiger partial charge in [0, 0.05) is 11.8 Å². The molecule has 20 heavy (non-hydrogen) atoms. The van der Waals surface area contributed by atoms with Gasteiger partial charge in [-0.3, -0.25) is 4.79 Å². The number of carbonyl (C=O) groups is 1. The van der Waals surface area contributed by atoms with Gasteiger partial charge in [0.25, 0.3) is 5.56 Å². The maximum Gasteiger partial charge on any atom is 0.418 e. The summed E-state index contributed by atoms with van der Waals surface area (Å²) in [4.78, 5) is 22.7. The first-order valence-corrected chi connectivity index (χ1v) is 6.34. The number of hydrogen-bond donors (Lipinski definition) is 1. The molecule has 0 saturated carbocycles. The summed E-state index contributed by atoms with van der Waals surface area (Å²) in [5, 5.41) is 8.86. The maximum absolute atomic E-state index is 11.8. The molecule has 0 aliphatic carbocycles. The van der Waals surface area contributed by atoms with Crippen molar-refractivity contribution in [2.24, 2.45) is 0 Å². The molecule has 1 N–H and O–H groups in total. The molecule has 0 radical (unpaired) electrons. The summed E-state index contributed by atoms with van der Waals surface area (Å²) >= 11 is 0. The Kier molecular flexibility index (Phi) is 4.50. The van der Waals surface area contributed by atoms with Crippen molar-refractivity contribution in [3.8, 4) is 0 Å². The molecule has 1 aromatic heterocycles. The molecule has 0 atom stereocenters. The monoisotopic (exact) mass is 269 g/mol. The van der Waals surface area contributed by atoms with Gasteiger partial charge in [-0.15, -0.1) is 0 Å². The third-order valence-electron chi connectivity index (χ3n) is 2.92. The number of hydrogen-bond acceptors (Lipinski definition) is 2. The lowest BCUT2D eigenvalue weighted by Gasteiger charge is -2.01. The highest BCUT2D eigenvalue weighted by atomic mass is 16.4. The molecule has 0 fully saturated rings. The minimum atomic E-state index is -1.25. The first-order chi connectivity index (χ1) is 9.68. The fraction of sp³-hybridized carbons (Fsp3) is 0.125. The van der Waals surface area contributed by atoms with Gasteiger partial charge in [-0.1, -0.05) is 48.6 Å². The van der Waals surface area contributed by atoms with Gasteiger partial charge in [-0.2, -0.15) is 0 Å². The zero-order chi connectivity index (χ0) is 14.4. The maximum atomic E-state index is 11.8. The second-order valence-electron chi connectivity index (χ2n) is 4.34. The van der Waals surface area contributed by atoms with E-state index in [2.05, 4.69) is 0 Å². The van der Waals surface area contributed by atoms with Crippen molar-refractivity contribution in [1.29, 1.82) is 0 Å². The standard InChI is InChI=1S/C16H15NO3/c18-15-14(11-6-12-17(15)16(19)20)10-5-4-9-13-7-2-1-3-8-13/h1-4,6-9,11-12H,5,10H2,(H,19,20). The fourth-order valence-corrected chi connectivity index (χ4v) is 1.90. The number of benzene rings is 1. The Bertz CT molecular complexity index is 672. The largest absolute Gasteiger partial charge is 0.464 e. The van der Waals surface area contributed by atoms with E-state index in [0.717, 1.165) is 5.56 Å². The van der Waals surface area contributed by atoms with E-state index < -0.39 is 11.7 Å². The number of nitrogens with zero attached hydrogens (tertiary/aromatic N) is 1. The summed E-state index contributed by atoms with van der Waals surface area (Å²) in [5.74, 6) is 0. The average Bonchev–Trinajstić information content (AvgIpc) is 2.46. The van der Waals surface area contributed by atoms with Gasteiger partial charge >= 0.3 is 6.09 Å². The van der Waals surface area contributed by atoms with Crippen molar-refractivity contribution in [3.05, 3.63) is 76.2 Å². The van der Waals surface area contributed by atoms with Crippen LogP contribution < -0.4 is 5.56 Å². The molecule has 1 heterocycles. The summed E-state index contributed by atoms with van der Waals surface area (Å²) in [5.41, 5.74) is 1.14. The summed E-state index contributed by atoms with van der Waals surface area (Å²) in [6.07, 6.45) is 5.18. The molecule has 0 aliphatic heterocycles. The average molecular weight is 269 g/mol. The Morgan fingerprint density at radius 1 is 1.15 bits per heavy atom. The second kappa shape index (κ2) is 6.52. The number of rotatable bonds is 4. The molecule has 0 unspecified atom stereocenters. The second-order valence-corrected chi connectivity index (χ2v) is 4.34. The third kappa shape index (κ3) is 3.45. The fourth-order valence-electron chi connectivity index (χ4n) is 1.90. The molecule has 102 valence electrons. The van der Waals surface area contributed by atoms with Crippen LogP contribution in [-0.4, -0.2) is 15.8 Å². The van der Waals surface area contributed by atoms with Gasteiger partial charge < -0.3 is 5.11 Å². The minimum absolute atomic E-state index is 0.465. The predicted octanol–water partition coefficient (Wildman–Crippen LogP) is 3.02. The van der Waals surface area contributed by atoms with Gasteiger partial charge in [-0.05, 0) is 24.5 Å². The van der Waals surface area contributed by atoms with Crippen molar-refractivity contribution in [3.63, 3.8) is 0 Å². The Hall–Kier alpha value is -2.62. The number of allylic oxidation sites excluding steroid dienone is 1. The van der Waals surface area contributed by atoms with Gasteiger partial charge in [0.15, 0.2) is 0 Å². The van der Waals surface area contributed by atoms with E-state index in [1.165, 1.54) is 6.20 Å². The highest BCUT2D eigenvalue weighted by Crippen LogP contribution is 2.04. The molecule has 0 aliphatic rings. The van der Waals surface area contributed by atoms with E-state index in [0.29, 0.717) is 23.0 Å². The normalized spacial score (nSPS) is 10.8. The minimum Gasteiger partial charge on any atom is -0.464 e. The molecular weight excluding hydrogens is 254 g/mol. The van der Waals surface area contributed by atoms with Gasteiger partial charge in [0.1, 0.15) is 0 Å². The van der Waals surface area contributed by atoms with Crippen molar-refractivity contribution >= 4 is 12.2 Å². The number of pyridine rings is 1. The summed E-state index contributed by atoms with van der Waals surface area (Å²) in [7, 11) is 0. The summed E-state index contributed by atoms with van der Waals surface area (Å²) < 4.78 is 0.705. The quantitative estimate of drug-likeness (QED) is 0.928. The van der Waals surface area contributed by atoms with Crippen molar-refractivity contribution in [1.82, 2.24) is 4.57 Å². The zero-order valence-electron chi connectivity index (χ0n) is 10.9. The van der Waals surface area contributed by atoms with E-state index in [4.69, 9.17) is 5.11 Å². The zero-order valence-corrected chi connectivity index (χ0v) is 10.9. The molecule has 0 saturated heterocycles. The van der Waals surface area contributed by atoms with Crippen molar-refractivity contribution < 1.29 is 9.90 Å². The van der Waals surface area contributed by atoms with Gasteiger partial charge in [0.2, 0.25) is 0 Å². The smallest absolute Gasteiger partial charge is 0.418 e. The van der Waals surface area contributed by atoms with E-state index >= 15 is 0 Å². The summed E-state index contributed by atoms with van der Waals surface area (Å²) in [6, 6.07) is 13.1. The first kappa shape index (κ1) is 13.8. The number of carboxylic acid groups (broad SMARTS) is 1. The van der Waals surface area contributed by atoms with Crippen molar-refractivity contribution in [2.45, 2.75) is 12.8 Å². The van der Waals surface area contributed by atoms with Crippen LogP contribution in [0.4, 0.5) is 4.79 Å². The number of aryl methyl sites for hydroxylation is 1. The lowest BCUT2D eigenvalue weighted by Crippen LogP contribution is -2.27. The van der Waals surface area contributed by atoms with Crippen LogP contribution in [0.15, 0.2) is 59.5 Å². The van der Waals surface area contributed by atoms with E-state index in [9.17, 15) is 9.59 Å².